The maximum Gasteiger partial charge on any atom is 0.338 e. The SMILES string of the molecule is CCOC(=O)c1ccc(NS(=O)(=O)c2ccc(O[C@H](C)C(=O)NCC(C)C)cc2)cc1. The zero-order valence-electron chi connectivity index (χ0n) is 18.0. The highest BCUT2D eigenvalue weighted by Crippen LogP contribution is 2.20. The summed E-state index contributed by atoms with van der Waals surface area (Å²) in [6.07, 6.45) is -0.711. The first-order chi connectivity index (χ1) is 14.6. The van der Waals surface area contributed by atoms with Crippen molar-refractivity contribution in [2.45, 2.75) is 38.7 Å². The molecule has 0 bridgehead atoms. The van der Waals surface area contributed by atoms with Crippen LogP contribution in [0.25, 0.3) is 0 Å². The van der Waals surface area contributed by atoms with E-state index in [-0.39, 0.29) is 17.4 Å². The molecule has 0 aromatic heterocycles. The van der Waals surface area contributed by atoms with Crippen molar-refractivity contribution in [2.75, 3.05) is 17.9 Å². The fourth-order valence-corrected chi connectivity index (χ4v) is 3.56. The van der Waals surface area contributed by atoms with E-state index in [0.29, 0.717) is 29.5 Å². The Balaban J connectivity index is 2.01. The van der Waals surface area contributed by atoms with E-state index >= 15 is 0 Å². The van der Waals surface area contributed by atoms with Gasteiger partial charge in [-0.3, -0.25) is 9.52 Å². The van der Waals surface area contributed by atoms with Crippen molar-refractivity contribution in [3.8, 4) is 5.75 Å². The molecule has 2 N–H and O–H groups in total. The third-order valence-electron chi connectivity index (χ3n) is 4.15. The number of carbonyl (C=O) groups excluding carboxylic acids is 2. The molecular weight excluding hydrogens is 420 g/mol. The average Bonchev–Trinajstić information content (AvgIpc) is 2.72. The predicted molar refractivity (Wildman–Crippen MR) is 118 cm³/mol. The summed E-state index contributed by atoms with van der Waals surface area (Å²) < 4.78 is 38.1. The third kappa shape index (κ3) is 7.29. The largest absolute Gasteiger partial charge is 0.481 e. The van der Waals surface area contributed by atoms with Gasteiger partial charge >= 0.3 is 5.97 Å². The van der Waals surface area contributed by atoms with Gasteiger partial charge in [0.25, 0.3) is 15.9 Å². The predicted octanol–water partition coefficient (Wildman–Crippen LogP) is 3.20. The van der Waals surface area contributed by atoms with Crippen LogP contribution in [0.5, 0.6) is 5.75 Å². The van der Waals surface area contributed by atoms with Crippen LogP contribution >= 0.6 is 0 Å². The van der Waals surface area contributed by atoms with Crippen LogP contribution < -0.4 is 14.8 Å². The van der Waals surface area contributed by atoms with Crippen LogP contribution in [0.15, 0.2) is 53.4 Å². The molecule has 0 aliphatic heterocycles. The molecule has 168 valence electrons. The van der Waals surface area contributed by atoms with Crippen LogP contribution in [-0.4, -0.2) is 39.5 Å². The second-order valence-electron chi connectivity index (χ2n) is 7.27. The number of benzene rings is 2. The van der Waals surface area contributed by atoms with E-state index in [9.17, 15) is 18.0 Å². The van der Waals surface area contributed by atoms with Crippen molar-refractivity contribution in [1.29, 1.82) is 0 Å². The van der Waals surface area contributed by atoms with Gasteiger partial charge in [-0.05, 0) is 68.3 Å². The van der Waals surface area contributed by atoms with E-state index in [1.165, 1.54) is 48.5 Å². The maximum absolute atomic E-state index is 12.6. The summed E-state index contributed by atoms with van der Waals surface area (Å²) in [5.41, 5.74) is 0.640. The molecule has 2 aromatic rings. The van der Waals surface area contributed by atoms with E-state index in [2.05, 4.69) is 10.0 Å². The van der Waals surface area contributed by atoms with Crippen molar-refractivity contribution in [1.82, 2.24) is 5.32 Å². The number of nitrogens with one attached hydrogen (secondary N) is 2. The topological polar surface area (TPSA) is 111 Å². The zero-order valence-corrected chi connectivity index (χ0v) is 18.9. The number of hydrogen-bond acceptors (Lipinski definition) is 6. The van der Waals surface area contributed by atoms with Gasteiger partial charge in [-0.1, -0.05) is 13.8 Å². The number of hydrogen-bond donors (Lipinski definition) is 2. The van der Waals surface area contributed by atoms with Gasteiger partial charge in [0.15, 0.2) is 6.10 Å². The molecule has 0 spiro atoms. The maximum atomic E-state index is 12.6. The lowest BCUT2D eigenvalue weighted by Gasteiger charge is -2.16. The van der Waals surface area contributed by atoms with E-state index in [0.717, 1.165) is 0 Å². The summed E-state index contributed by atoms with van der Waals surface area (Å²) in [7, 11) is -3.84. The van der Waals surface area contributed by atoms with E-state index < -0.39 is 22.1 Å². The van der Waals surface area contributed by atoms with Crippen molar-refractivity contribution in [3.63, 3.8) is 0 Å². The van der Waals surface area contributed by atoms with Crippen molar-refractivity contribution < 1.29 is 27.5 Å². The molecule has 0 aliphatic rings. The molecule has 0 heterocycles. The normalized spacial score (nSPS) is 12.2. The highest BCUT2D eigenvalue weighted by molar-refractivity contribution is 7.92. The molecule has 0 radical (unpaired) electrons. The van der Waals surface area contributed by atoms with Gasteiger partial charge < -0.3 is 14.8 Å². The van der Waals surface area contributed by atoms with Gasteiger partial charge in [-0.25, -0.2) is 13.2 Å². The molecule has 2 rings (SSSR count). The summed E-state index contributed by atoms with van der Waals surface area (Å²) in [5, 5.41) is 2.78. The fourth-order valence-electron chi connectivity index (χ4n) is 2.51. The molecule has 0 saturated carbocycles. The highest BCUT2D eigenvalue weighted by Gasteiger charge is 2.17. The Morgan fingerprint density at radius 1 is 0.968 bits per heavy atom. The van der Waals surface area contributed by atoms with Gasteiger partial charge in [0.05, 0.1) is 17.1 Å². The van der Waals surface area contributed by atoms with Crippen LogP contribution in [0.2, 0.25) is 0 Å². The number of ether oxygens (including phenoxy) is 2. The minimum Gasteiger partial charge on any atom is -0.481 e. The molecule has 8 nitrogen and oxygen atoms in total. The Bertz CT molecular complexity index is 986. The minimum atomic E-state index is -3.84. The summed E-state index contributed by atoms with van der Waals surface area (Å²) in [6.45, 7) is 8.13. The second-order valence-corrected chi connectivity index (χ2v) is 8.96. The van der Waals surface area contributed by atoms with Gasteiger partial charge in [0, 0.05) is 12.2 Å². The minimum absolute atomic E-state index is 0.0335. The molecule has 2 aromatic carbocycles. The van der Waals surface area contributed by atoms with Gasteiger partial charge in [0.1, 0.15) is 5.75 Å². The molecule has 1 atom stereocenters. The van der Waals surface area contributed by atoms with Crippen molar-refractivity contribution in [2.24, 2.45) is 5.92 Å². The van der Waals surface area contributed by atoms with Crippen LogP contribution in [0, 0.1) is 5.92 Å². The number of sulfonamides is 1. The summed E-state index contributed by atoms with van der Waals surface area (Å²) in [6, 6.07) is 11.7. The van der Waals surface area contributed by atoms with Crippen LogP contribution in [-0.2, 0) is 19.6 Å². The smallest absolute Gasteiger partial charge is 0.338 e. The van der Waals surface area contributed by atoms with E-state index in [1.54, 1.807) is 13.8 Å². The molecular formula is C22H28N2O6S. The number of anilines is 1. The molecule has 31 heavy (non-hydrogen) atoms. The zero-order chi connectivity index (χ0) is 23.0. The average molecular weight is 449 g/mol. The quantitative estimate of drug-likeness (QED) is 0.540. The fraction of sp³-hybridized carbons (Fsp3) is 0.364. The van der Waals surface area contributed by atoms with E-state index in [1.807, 2.05) is 13.8 Å². The molecule has 0 fully saturated rings. The summed E-state index contributed by atoms with van der Waals surface area (Å²) >= 11 is 0. The van der Waals surface area contributed by atoms with Gasteiger partial charge in [-0.15, -0.1) is 0 Å². The Morgan fingerprint density at radius 2 is 1.58 bits per heavy atom. The monoisotopic (exact) mass is 448 g/mol. The number of carbonyl (C=O) groups is 2. The lowest BCUT2D eigenvalue weighted by atomic mass is 10.2. The second kappa shape index (κ2) is 10.8. The first-order valence-electron chi connectivity index (χ1n) is 9.96. The van der Waals surface area contributed by atoms with Crippen molar-refractivity contribution >= 4 is 27.6 Å². The van der Waals surface area contributed by atoms with Crippen LogP contribution in [0.3, 0.4) is 0 Å². The molecule has 1 amide bonds. The number of amides is 1. The summed E-state index contributed by atoms with van der Waals surface area (Å²) in [5.74, 6) is -0.00242. The molecule has 0 saturated heterocycles. The molecule has 0 aliphatic carbocycles. The van der Waals surface area contributed by atoms with E-state index in [4.69, 9.17) is 9.47 Å². The first-order valence-corrected chi connectivity index (χ1v) is 11.4. The van der Waals surface area contributed by atoms with Crippen molar-refractivity contribution in [3.05, 3.63) is 54.1 Å². The van der Waals surface area contributed by atoms with Crippen LogP contribution in [0.1, 0.15) is 38.1 Å². The van der Waals surface area contributed by atoms with Crippen LogP contribution in [0.4, 0.5) is 5.69 Å². The third-order valence-corrected chi connectivity index (χ3v) is 5.55. The Labute approximate surface area is 183 Å². The lowest BCUT2D eigenvalue weighted by Crippen LogP contribution is -2.38. The molecule has 0 unspecified atom stereocenters. The Hall–Kier alpha value is -3.07. The summed E-state index contributed by atoms with van der Waals surface area (Å²) in [4.78, 5) is 23.7. The van der Waals surface area contributed by atoms with Gasteiger partial charge in [-0.2, -0.15) is 0 Å². The number of rotatable bonds is 10. The van der Waals surface area contributed by atoms with Gasteiger partial charge in [0.2, 0.25) is 0 Å². The standard InChI is InChI=1S/C22H28N2O6S/c1-5-29-22(26)17-6-8-18(9-7-17)24-31(27,28)20-12-10-19(11-13-20)30-16(4)21(25)23-14-15(2)3/h6-13,15-16,24H,5,14H2,1-4H3,(H,23,25)/t16-/m1/s1. The molecule has 9 heteroatoms. The lowest BCUT2D eigenvalue weighted by molar-refractivity contribution is -0.127. The number of esters is 1. The Morgan fingerprint density at radius 3 is 2.13 bits per heavy atom. The first kappa shape index (κ1) is 24.2. The highest BCUT2D eigenvalue weighted by atomic mass is 32.2. The Kier molecular flexibility index (Phi) is 8.44.